The molecule has 4 nitrogen and oxygen atoms in total. The Hall–Kier alpha value is -3.27. The Labute approximate surface area is 146 Å². The molecule has 0 radical (unpaired) electrons. The maximum atomic E-state index is 12.3. The van der Waals surface area contributed by atoms with E-state index in [-0.39, 0.29) is 5.78 Å². The molecule has 0 saturated carbocycles. The van der Waals surface area contributed by atoms with Gasteiger partial charge in [0.15, 0.2) is 5.78 Å². The third-order valence-corrected chi connectivity index (χ3v) is 3.65. The Morgan fingerprint density at radius 3 is 1.72 bits per heavy atom. The van der Waals surface area contributed by atoms with Gasteiger partial charge in [0.1, 0.15) is 24.7 Å². The van der Waals surface area contributed by atoms with Crippen LogP contribution in [0.4, 0.5) is 5.69 Å². The van der Waals surface area contributed by atoms with Crippen LogP contribution in [0.5, 0.6) is 11.5 Å². The van der Waals surface area contributed by atoms with E-state index in [2.05, 4.69) is 0 Å². The second-order valence-corrected chi connectivity index (χ2v) is 5.49. The Morgan fingerprint density at radius 1 is 0.680 bits per heavy atom. The molecule has 2 N–H and O–H groups in total. The molecule has 0 saturated heterocycles. The molecule has 3 aromatic carbocycles. The van der Waals surface area contributed by atoms with Crippen molar-refractivity contribution >= 4 is 11.5 Å². The zero-order chi connectivity index (χ0) is 17.5. The van der Waals surface area contributed by atoms with Crippen molar-refractivity contribution in [2.75, 3.05) is 18.9 Å². The second kappa shape index (κ2) is 8.02. The molecule has 0 aromatic heterocycles. The summed E-state index contributed by atoms with van der Waals surface area (Å²) in [7, 11) is 0. The molecule has 3 rings (SSSR count). The fourth-order valence-electron chi connectivity index (χ4n) is 2.34. The van der Waals surface area contributed by atoms with Crippen molar-refractivity contribution in [3.8, 4) is 11.5 Å². The number of hydrogen-bond donors (Lipinski definition) is 1. The summed E-state index contributed by atoms with van der Waals surface area (Å²) >= 11 is 0. The third kappa shape index (κ3) is 4.61. The molecule has 0 amide bonds. The minimum atomic E-state index is -0.00108. The highest BCUT2D eigenvalue weighted by atomic mass is 16.5. The number of hydrogen-bond acceptors (Lipinski definition) is 4. The van der Waals surface area contributed by atoms with E-state index in [9.17, 15) is 4.79 Å². The summed E-state index contributed by atoms with van der Waals surface area (Å²) in [5.41, 5.74) is 7.64. The van der Waals surface area contributed by atoms with Crippen molar-refractivity contribution in [1.29, 1.82) is 0 Å². The van der Waals surface area contributed by atoms with Crippen LogP contribution in [0.2, 0.25) is 0 Å². The third-order valence-electron chi connectivity index (χ3n) is 3.65. The molecule has 0 fully saturated rings. The van der Waals surface area contributed by atoms with E-state index in [1.54, 1.807) is 48.5 Å². The summed E-state index contributed by atoms with van der Waals surface area (Å²) in [6.07, 6.45) is 0. The Balaban J connectivity index is 1.49. The molecule has 0 spiro atoms. The maximum Gasteiger partial charge on any atom is 0.193 e. The van der Waals surface area contributed by atoms with Gasteiger partial charge in [-0.05, 0) is 48.5 Å². The van der Waals surface area contributed by atoms with Crippen molar-refractivity contribution in [1.82, 2.24) is 0 Å². The van der Waals surface area contributed by atoms with E-state index >= 15 is 0 Å². The van der Waals surface area contributed by atoms with Crippen LogP contribution in [-0.2, 0) is 0 Å². The van der Waals surface area contributed by atoms with Crippen LogP contribution in [0.15, 0.2) is 78.9 Å². The standard InChI is InChI=1S/C21H19NO3/c22-18-8-12-20(13-9-18)25-15-14-24-19-10-6-17(7-11-19)21(23)16-4-2-1-3-5-16/h1-13H,14-15,22H2. The van der Waals surface area contributed by atoms with E-state index in [4.69, 9.17) is 15.2 Å². The van der Waals surface area contributed by atoms with Gasteiger partial charge in [-0.1, -0.05) is 30.3 Å². The monoisotopic (exact) mass is 333 g/mol. The highest BCUT2D eigenvalue weighted by Crippen LogP contribution is 2.16. The van der Waals surface area contributed by atoms with Gasteiger partial charge in [-0.25, -0.2) is 0 Å². The number of rotatable bonds is 7. The van der Waals surface area contributed by atoms with E-state index in [1.807, 2.05) is 30.3 Å². The summed E-state index contributed by atoms with van der Waals surface area (Å²) in [6.45, 7) is 0.838. The first kappa shape index (κ1) is 16.6. The molecule has 4 heteroatoms. The average molecular weight is 333 g/mol. The van der Waals surface area contributed by atoms with Crippen LogP contribution in [0.25, 0.3) is 0 Å². The van der Waals surface area contributed by atoms with Gasteiger partial charge in [-0.3, -0.25) is 4.79 Å². The molecular weight excluding hydrogens is 314 g/mol. The number of nitrogens with two attached hydrogens (primary N) is 1. The van der Waals surface area contributed by atoms with Gasteiger partial charge >= 0.3 is 0 Å². The lowest BCUT2D eigenvalue weighted by molar-refractivity contribution is 0.103. The molecule has 0 atom stereocenters. The smallest absolute Gasteiger partial charge is 0.193 e. The minimum absolute atomic E-state index is 0.00108. The number of carbonyl (C=O) groups is 1. The van der Waals surface area contributed by atoms with Crippen molar-refractivity contribution in [3.05, 3.63) is 90.0 Å². The van der Waals surface area contributed by atoms with Crippen molar-refractivity contribution in [3.63, 3.8) is 0 Å². The summed E-state index contributed by atoms with van der Waals surface area (Å²) < 4.78 is 11.2. The summed E-state index contributed by atoms with van der Waals surface area (Å²) in [4.78, 5) is 12.3. The molecule has 0 heterocycles. The molecule has 0 bridgehead atoms. The predicted molar refractivity (Wildman–Crippen MR) is 98.2 cm³/mol. The second-order valence-electron chi connectivity index (χ2n) is 5.49. The zero-order valence-corrected chi connectivity index (χ0v) is 13.7. The normalized spacial score (nSPS) is 10.2. The van der Waals surface area contributed by atoms with Crippen LogP contribution in [0.3, 0.4) is 0 Å². The first-order valence-corrected chi connectivity index (χ1v) is 8.03. The number of carbonyl (C=O) groups excluding carboxylic acids is 1. The largest absolute Gasteiger partial charge is 0.490 e. The first-order chi connectivity index (χ1) is 12.2. The van der Waals surface area contributed by atoms with Gasteiger partial charge in [0.2, 0.25) is 0 Å². The Morgan fingerprint density at radius 2 is 1.16 bits per heavy atom. The van der Waals surface area contributed by atoms with Gasteiger partial charge in [0.25, 0.3) is 0 Å². The lowest BCUT2D eigenvalue weighted by Crippen LogP contribution is -2.09. The summed E-state index contributed by atoms with van der Waals surface area (Å²) in [6, 6.07) is 23.5. The highest BCUT2D eigenvalue weighted by molar-refractivity contribution is 6.08. The Kier molecular flexibility index (Phi) is 5.32. The average Bonchev–Trinajstić information content (AvgIpc) is 2.67. The van der Waals surface area contributed by atoms with Gasteiger partial charge in [0, 0.05) is 16.8 Å². The van der Waals surface area contributed by atoms with Crippen LogP contribution in [0, 0.1) is 0 Å². The number of ketones is 1. The lowest BCUT2D eigenvalue weighted by atomic mass is 10.0. The SMILES string of the molecule is Nc1ccc(OCCOc2ccc(C(=O)c3ccccc3)cc2)cc1. The molecule has 0 aliphatic heterocycles. The molecule has 126 valence electrons. The molecule has 3 aromatic rings. The van der Waals surface area contributed by atoms with Crippen LogP contribution >= 0.6 is 0 Å². The van der Waals surface area contributed by atoms with Crippen molar-refractivity contribution in [2.45, 2.75) is 0 Å². The maximum absolute atomic E-state index is 12.3. The van der Waals surface area contributed by atoms with E-state index in [0.29, 0.717) is 35.8 Å². The number of benzene rings is 3. The number of anilines is 1. The summed E-state index contributed by atoms with van der Waals surface area (Å²) in [5.74, 6) is 1.45. The van der Waals surface area contributed by atoms with Gasteiger partial charge in [-0.15, -0.1) is 0 Å². The number of nitrogen functional groups attached to an aromatic ring is 1. The molecule has 0 aliphatic rings. The molecule has 0 aliphatic carbocycles. The van der Waals surface area contributed by atoms with Gasteiger partial charge < -0.3 is 15.2 Å². The molecule has 25 heavy (non-hydrogen) atoms. The summed E-state index contributed by atoms with van der Waals surface area (Å²) in [5, 5.41) is 0. The number of ether oxygens (including phenoxy) is 2. The topological polar surface area (TPSA) is 61.6 Å². The van der Waals surface area contributed by atoms with Crippen molar-refractivity contribution < 1.29 is 14.3 Å². The minimum Gasteiger partial charge on any atom is -0.490 e. The fourth-order valence-corrected chi connectivity index (χ4v) is 2.34. The van der Waals surface area contributed by atoms with Crippen LogP contribution < -0.4 is 15.2 Å². The zero-order valence-electron chi connectivity index (χ0n) is 13.7. The molecular formula is C21H19NO3. The van der Waals surface area contributed by atoms with Crippen LogP contribution in [-0.4, -0.2) is 19.0 Å². The van der Waals surface area contributed by atoms with E-state index in [0.717, 1.165) is 5.75 Å². The van der Waals surface area contributed by atoms with Crippen molar-refractivity contribution in [2.24, 2.45) is 0 Å². The van der Waals surface area contributed by atoms with E-state index < -0.39 is 0 Å². The van der Waals surface area contributed by atoms with E-state index in [1.165, 1.54) is 0 Å². The van der Waals surface area contributed by atoms with Crippen LogP contribution in [0.1, 0.15) is 15.9 Å². The highest BCUT2D eigenvalue weighted by Gasteiger charge is 2.08. The quantitative estimate of drug-likeness (QED) is 0.404. The lowest BCUT2D eigenvalue weighted by Gasteiger charge is -2.09. The Bertz CT molecular complexity index is 812. The predicted octanol–water partition coefficient (Wildman–Crippen LogP) is 3.96. The fraction of sp³-hybridized carbons (Fsp3) is 0.0952. The molecule has 0 unspecified atom stereocenters. The van der Waals surface area contributed by atoms with Gasteiger partial charge in [0.05, 0.1) is 0 Å². The van der Waals surface area contributed by atoms with Gasteiger partial charge in [-0.2, -0.15) is 0 Å². The first-order valence-electron chi connectivity index (χ1n) is 8.03.